The van der Waals surface area contributed by atoms with E-state index in [-0.39, 0.29) is 5.91 Å². The molecule has 5 heteroatoms. The number of aromatic amines is 1. The van der Waals surface area contributed by atoms with E-state index in [2.05, 4.69) is 22.0 Å². The number of carbonyl (C=O) groups excluding carboxylic acids is 1. The maximum atomic E-state index is 12.2. The first kappa shape index (κ1) is 14.1. The highest BCUT2D eigenvalue weighted by atomic mass is 16.2. The highest BCUT2D eigenvalue weighted by molar-refractivity contribution is 5.76. The van der Waals surface area contributed by atoms with Crippen LogP contribution in [0.15, 0.2) is 0 Å². The van der Waals surface area contributed by atoms with Gasteiger partial charge in [-0.25, -0.2) is 0 Å². The lowest BCUT2D eigenvalue weighted by Crippen LogP contribution is -2.48. The summed E-state index contributed by atoms with van der Waals surface area (Å²) in [5.41, 5.74) is 3.29. The Morgan fingerprint density at radius 1 is 1.26 bits per heavy atom. The van der Waals surface area contributed by atoms with Gasteiger partial charge in [-0.3, -0.25) is 9.89 Å². The molecule has 2 heterocycles. The van der Waals surface area contributed by atoms with Gasteiger partial charge in [0.25, 0.3) is 0 Å². The molecule has 0 radical (unpaired) electrons. The minimum absolute atomic E-state index is 0.274. The molecule has 0 aliphatic carbocycles. The molecule has 0 spiro atoms. The van der Waals surface area contributed by atoms with E-state index in [1.165, 1.54) is 5.56 Å². The van der Waals surface area contributed by atoms with Crippen molar-refractivity contribution in [3.63, 3.8) is 0 Å². The zero-order valence-electron chi connectivity index (χ0n) is 12.2. The Kier molecular flexibility index (Phi) is 4.58. The summed E-state index contributed by atoms with van der Waals surface area (Å²) < 4.78 is 0. The molecule has 1 amide bonds. The molecule has 1 aromatic heterocycles. The average Bonchev–Trinajstić information content (AvgIpc) is 2.75. The number of nitrogens with zero attached hydrogens (tertiary/aromatic N) is 3. The van der Waals surface area contributed by atoms with Crippen LogP contribution in [0, 0.1) is 13.8 Å². The summed E-state index contributed by atoms with van der Waals surface area (Å²) in [6, 6.07) is 0. The number of amides is 1. The van der Waals surface area contributed by atoms with Gasteiger partial charge in [-0.15, -0.1) is 0 Å². The van der Waals surface area contributed by atoms with Crippen LogP contribution in [0.25, 0.3) is 0 Å². The van der Waals surface area contributed by atoms with E-state index in [0.717, 1.165) is 50.5 Å². The second kappa shape index (κ2) is 6.19. The van der Waals surface area contributed by atoms with Gasteiger partial charge in [0.2, 0.25) is 5.91 Å². The summed E-state index contributed by atoms with van der Waals surface area (Å²) in [6.07, 6.45) is 1.38. The van der Waals surface area contributed by atoms with Gasteiger partial charge in [-0.2, -0.15) is 5.10 Å². The Balaban J connectivity index is 1.82. The number of aromatic nitrogens is 2. The van der Waals surface area contributed by atoms with Crippen molar-refractivity contribution in [1.82, 2.24) is 20.0 Å². The first-order valence-corrected chi connectivity index (χ1v) is 7.12. The third kappa shape index (κ3) is 3.35. The van der Waals surface area contributed by atoms with Crippen LogP contribution < -0.4 is 0 Å². The summed E-state index contributed by atoms with van der Waals surface area (Å²) >= 11 is 0. The zero-order chi connectivity index (χ0) is 13.8. The van der Waals surface area contributed by atoms with Crippen LogP contribution in [0.3, 0.4) is 0 Å². The predicted molar refractivity (Wildman–Crippen MR) is 75.1 cm³/mol. The Morgan fingerprint density at radius 3 is 2.47 bits per heavy atom. The molecule has 0 saturated carbocycles. The maximum absolute atomic E-state index is 12.2. The lowest BCUT2D eigenvalue weighted by atomic mass is 10.1. The van der Waals surface area contributed by atoms with Gasteiger partial charge in [0.15, 0.2) is 0 Å². The van der Waals surface area contributed by atoms with Crippen LogP contribution in [0.2, 0.25) is 0 Å². The van der Waals surface area contributed by atoms with Crippen molar-refractivity contribution in [2.45, 2.75) is 33.6 Å². The molecule has 1 aromatic rings. The summed E-state index contributed by atoms with van der Waals surface area (Å²) in [5.74, 6) is 0.274. The van der Waals surface area contributed by atoms with Crippen molar-refractivity contribution in [2.75, 3.05) is 32.7 Å². The maximum Gasteiger partial charge on any atom is 0.222 e. The van der Waals surface area contributed by atoms with Crippen LogP contribution in [-0.4, -0.2) is 58.6 Å². The van der Waals surface area contributed by atoms with Crippen molar-refractivity contribution >= 4 is 5.91 Å². The van der Waals surface area contributed by atoms with E-state index in [4.69, 9.17) is 0 Å². The highest BCUT2D eigenvalue weighted by Gasteiger charge is 2.20. The lowest BCUT2D eigenvalue weighted by molar-refractivity contribution is -0.132. The van der Waals surface area contributed by atoms with Gasteiger partial charge in [0, 0.05) is 38.3 Å². The van der Waals surface area contributed by atoms with Crippen molar-refractivity contribution < 1.29 is 4.79 Å². The Labute approximate surface area is 115 Å². The fraction of sp³-hybridized carbons (Fsp3) is 0.714. The minimum atomic E-state index is 0.274. The molecule has 1 saturated heterocycles. The van der Waals surface area contributed by atoms with Gasteiger partial charge in [-0.1, -0.05) is 6.92 Å². The number of hydrogen-bond acceptors (Lipinski definition) is 3. The van der Waals surface area contributed by atoms with Gasteiger partial charge >= 0.3 is 0 Å². The first-order chi connectivity index (χ1) is 9.11. The molecule has 106 valence electrons. The molecular formula is C14H24N4O. The van der Waals surface area contributed by atoms with E-state index in [9.17, 15) is 4.79 Å². The quantitative estimate of drug-likeness (QED) is 0.887. The van der Waals surface area contributed by atoms with Gasteiger partial charge in [-0.05, 0) is 32.4 Å². The monoisotopic (exact) mass is 264 g/mol. The number of H-pyrrole nitrogens is 1. The third-order valence-electron chi connectivity index (χ3n) is 4.04. The van der Waals surface area contributed by atoms with Gasteiger partial charge in [0.05, 0.1) is 5.69 Å². The van der Waals surface area contributed by atoms with E-state index in [1.54, 1.807) is 0 Å². The second-order valence-electron chi connectivity index (χ2n) is 5.23. The Bertz CT molecular complexity index is 413. The van der Waals surface area contributed by atoms with Crippen molar-refractivity contribution in [2.24, 2.45) is 0 Å². The molecule has 2 rings (SSSR count). The molecule has 0 bridgehead atoms. The number of rotatable bonds is 4. The molecule has 1 aliphatic heterocycles. The van der Waals surface area contributed by atoms with E-state index < -0.39 is 0 Å². The molecule has 5 nitrogen and oxygen atoms in total. The Morgan fingerprint density at radius 2 is 1.95 bits per heavy atom. The zero-order valence-corrected chi connectivity index (χ0v) is 12.2. The average molecular weight is 264 g/mol. The highest BCUT2D eigenvalue weighted by Crippen LogP contribution is 2.13. The lowest BCUT2D eigenvalue weighted by Gasteiger charge is -2.34. The van der Waals surface area contributed by atoms with Crippen molar-refractivity contribution in [1.29, 1.82) is 0 Å². The summed E-state index contributed by atoms with van der Waals surface area (Å²) in [5, 5.41) is 7.14. The standard InChI is InChI=1S/C14H24N4O/c1-4-17-7-9-18(10-8-17)14(19)6-5-13-11(2)15-16-12(13)3/h4-10H2,1-3H3,(H,15,16). The summed E-state index contributed by atoms with van der Waals surface area (Å²) in [6.45, 7) is 11.0. The molecule has 0 atom stereocenters. The van der Waals surface area contributed by atoms with Crippen LogP contribution in [0.5, 0.6) is 0 Å². The van der Waals surface area contributed by atoms with Crippen LogP contribution >= 0.6 is 0 Å². The Hall–Kier alpha value is -1.36. The molecule has 1 fully saturated rings. The van der Waals surface area contributed by atoms with Crippen LogP contribution in [-0.2, 0) is 11.2 Å². The molecule has 0 unspecified atom stereocenters. The molecule has 1 aliphatic rings. The van der Waals surface area contributed by atoms with E-state index in [1.807, 2.05) is 18.7 Å². The largest absolute Gasteiger partial charge is 0.340 e. The fourth-order valence-electron chi connectivity index (χ4n) is 2.65. The molecule has 19 heavy (non-hydrogen) atoms. The smallest absolute Gasteiger partial charge is 0.222 e. The number of nitrogens with one attached hydrogen (secondary N) is 1. The summed E-state index contributed by atoms with van der Waals surface area (Å²) in [4.78, 5) is 16.6. The van der Waals surface area contributed by atoms with Crippen molar-refractivity contribution in [3.8, 4) is 0 Å². The van der Waals surface area contributed by atoms with Gasteiger partial charge in [0.1, 0.15) is 0 Å². The molecular weight excluding hydrogens is 240 g/mol. The molecule has 1 N–H and O–H groups in total. The number of aryl methyl sites for hydroxylation is 2. The normalized spacial score (nSPS) is 16.9. The van der Waals surface area contributed by atoms with Crippen LogP contribution in [0.4, 0.5) is 0 Å². The third-order valence-corrected chi connectivity index (χ3v) is 4.04. The van der Waals surface area contributed by atoms with Crippen LogP contribution in [0.1, 0.15) is 30.3 Å². The number of piperazine rings is 1. The number of hydrogen-bond donors (Lipinski definition) is 1. The number of carbonyl (C=O) groups is 1. The predicted octanol–water partition coefficient (Wildman–Crippen LogP) is 1.12. The minimum Gasteiger partial charge on any atom is -0.340 e. The fourth-order valence-corrected chi connectivity index (χ4v) is 2.65. The van der Waals surface area contributed by atoms with Gasteiger partial charge < -0.3 is 9.80 Å². The second-order valence-corrected chi connectivity index (χ2v) is 5.23. The van der Waals surface area contributed by atoms with Crippen molar-refractivity contribution in [3.05, 3.63) is 17.0 Å². The molecule has 0 aromatic carbocycles. The topological polar surface area (TPSA) is 52.2 Å². The number of likely N-dealkylation sites (N-methyl/N-ethyl adjacent to an activating group) is 1. The van der Waals surface area contributed by atoms with E-state index >= 15 is 0 Å². The first-order valence-electron chi connectivity index (χ1n) is 7.12. The van der Waals surface area contributed by atoms with E-state index in [0.29, 0.717) is 6.42 Å². The SMILES string of the molecule is CCN1CCN(C(=O)CCc2c(C)n[nH]c2C)CC1. The summed E-state index contributed by atoms with van der Waals surface area (Å²) in [7, 11) is 0.